The van der Waals surface area contributed by atoms with Gasteiger partial charge in [0.2, 0.25) is 5.91 Å². The molecule has 1 amide bonds. The lowest BCUT2D eigenvalue weighted by atomic mass is 9.62. The van der Waals surface area contributed by atoms with Gasteiger partial charge in [0, 0.05) is 33.6 Å². The molecule has 2 aliphatic rings. The van der Waals surface area contributed by atoms with Crippen molar-refractivity contribution in [1.82, 2.24) is 9.80 Å². The summed E-state index contributed by atoms with van der Waals surface area (Å²) in [6, 6.07) is 27.5. The third-order valence-electron chi connectivity index (χ3n) is 7.79. The first-order valence-corrected chi connectivity index (χ1v) is 12.9. The van der Waals surface area contributed by atoms with Gasteiger partial charge in [0.1, 0.15) is 11.2 Å². The SMILES string of the molecule is CN(C)C(=O)C(c1ccccc1)(c1ccccc1)C1CCCN(CCc2ccc3c(c2)CCO3)C1. The Labute approximate surface area is 209 Å². The van der Waals surface area contributed by atoms with Crippen LogP contribution in [0.25, 0.3) is 0 Å². The van der Waals surface area contributed by atoms with E-state index in [9.17, 15) is 4.79 Å². The summed E-state index contributed by atoms with van der Waals surface area (Å²) in [5.74, 6) is 1.41. The van der Waals surface area contributed by atoms with E-state index in [0.29, 0.717) is 0 Å². The third kappa shape index (κ3) is 4.60. The number of likely N-dealkylation sites (tertiary alicyclic amines) is 1. The molecule has 0 bridgehead atoms. The topological polar surface area (TPSA) is 32.8 Å². The zero-order chi connectivity index (χ0) is 24.3. The Morgan fingerprint density at radius 3 is 2.34 bits per heavy atom. The van der Waals surface area contributed by atoms with Gasteiger partial charge in [0.15, 0.2) is 0 Å². The molecule has 0 saturated carbocycles. The summed E-state index contributed by atoms with van der Waals surface area (Å²) < 4.78 is 5.68. The summed E-state index contributed by atoms with van der Waals surface area (Å²) in [7, 11) is 3.78. The molecule has 0 spiro atoms. The molecule has 182 valence electrons. The first kappa shape index (κ1) is 23.6. The monoisotopic (exact) mass is 468 g/mol. The Bertz CT molecular complexity index is 1100. The number of ether oxygens (including phenoxy) is 1. The number of rotatable bonds is 7. The first-order chi connectivity index (χ1) is 17.1. The van der Waals surface area contributed by atoms with E-state index in [1.807, 2.05) is 26.2 Å². The van der Waals surface area contributed by atoms with Crippen LogP contribution in [0.3, 0.4) is 0 Å². The molecular weight excluding hydrogens is 432 g/mol. The molecule has 0 N–H and O–H groups in total. The number of hydrogen-bond acceptors (Lipinski definition) is 3. The van der Waals surface area contributed by atoms with Crippen molar-refractivity contribution >= 4 is 5.91 Å². The highest BCUT2D eigenvalue weighted by Gasteiger charge is 2.50. The van der Waals surface area contributed by atoms with Crippen LogP contribution in [0.2, 0.25) is 0 Å². The lowest BCUT2D eigenvalue weighted by Crippen LogP contribution is -2.54. The number of fused-ring (bicyclic) bond motifs is 1. The first-order valence-electron chi connectivity index (χ1n) is 12.9. The molecule has 0 radical (unpaired) electrons. The Balaban J connectivity index is 1.45. The molecular formula is C31H36N2O2. The molecule has 5 rings (SSSR count). The van der Waals surface area contributed by atoms with E-state index in [4.69, 9.17) is 4.74 Å². The number of benzene rings is 3. The maximum atomic E-state index is 14.2. The lowest BCUT2D eigenvalue weighted by molar-refractivity contribution is -0.136. The van der Waals surface area contributed by atoms with E-state index in [1.165, 1.54) is 11.1 Å². The molecule has 3 aromatic rings. The summed E-state index contributed by atoms with van der Waals surface area (Å²) in [6.45, 7) is 3.80. The predicted octanol–water partition coefficient (Wildman–Crippen LogP) is 4.95. The van der Waals surface area contributed by atoms with Crippen LogP contribution in [-0.4, -0.2) is 56.0 Å². The van der Waals surface area contributed by atoms with Gasteiger partial charge < -0.3 is 14.5 Å². The van der Waals surface area contributed by atoms with E-state index in [-0.39, 0.29) is 11.8 Å². The largest absolute Gasteiger partial charge is 0.493 e. The normalized spacial score (nSPS) is 18.1. The second-order valence-corrected chi connectivity index (χ2v) is 10.2. The summed E-state index contributed by atoms with van der Waals surface area (Å²) in [5, 5.41) is 0. The molecule has 3 aromatic carbocycles. The number of amides is 1. The van der Waals surface area contributed by atoms with E-state index in [1.54, 1.807) is 4.90 Å². The number of piperidine rings is 1. The molecule has 2 heterocycles. The average Bonchev–Trinajstić information content (AvgIpc) is 3.37. The van der Waals surface area contributed by atoms with Gasteiger partial charge in [0.05, 0.1) is 6.61 Å². The van der Waals surface area contributed by atoms with Crippen LogP contribution >= 0.6 is 0 Å². The van der Waals surface area contributed by atoms with Crippen molar-refractivity contribution in [3.05, 3.63) is 101 Å². The Morgan fingerprint density at radius 1 is 1.00 bits per heavy atom. The summed E-state index contributed by atoms with van der Waals surface area (Å²) in [4.78, 5) is 18.5. The van der Waals surface area contributed by atoms with Gasteiger partial charge in [-0.3, -0.25) is 4.79 Å². The quantitative estimate of drug-likeness (QED) is 0.492. The Morgan fingerprint density at radius 2 is 1.69 bits per heavy atom. The zero-order valence-corrected chi connectivity index (χ0v) is 21.0. The highest BCUT2D eigenvalue weighted by Crippen LogP contribution is 2.44. The number of likely N-dealkylation sites (N-methyl/N-ethyl adjacent to an activating group) is 1. The van der Waals surface area contributed by atoms with E-state index >= 15 is 0 Å². The molecule has 1 atom stereocenters. The lowest BCUT2D eigenvalue weighted by Gasteiger charge is -2.46. The van der Waals surface area contributed by atoms with Crippen molar-refractivity contribution in [2.45, 2.75) is 31.1 Å². The molecule has 35 heavy (non-hydrogen) atoms. The van der Waals surface area contributed by atoms with E-state index in [2.05, 4.69) is 71.6 Å². The van der Waals surface area contributed by atoms with Gasteiger partial charge in [-0.2, -0.15) is 0 Å². The third-order valence-corrected chi connectivity index (χ3v) is 7.79. The molecule has 0 aliphatic carbocycles. The molecule has 1 saturated heterocycles. The van der Waals surface area contributed by atoms with Crippen LogP contribution in [0.5, 0.6) is 5.75 Å². The molecule has 1 unspecified atom stereocenters. The van der Waals surface area contributed by atoms with Crippen molar-refractivity contribution in [2.75, 3.05) is 40.3 Å². The van der Waals surface area contributed by atoms with Gasteiger partial charge in [-0.1, -0.05) is 72.8 Å². The number of nitrogens with zero attached hydrogens (tertiary/aromatic N) is 2. The minimum Gasteiger partial charge on any atom is -0.493 e. The molecule has 2 aliphatic heterocycles. The van der Waals surface area contributed by atoms with Crippen molar-refractivity contribution in [2.24, 2.45) is 5.92 Å². The minimum atomic E-state index is -0.699. The van der Waals surface area contributed by atoms with Gasteiger partial charge in [-0.15, -0.1) is 0 Å². The zero-order valence-electron chi connectivity index (χ0n) is 21.0. The number of carbonyl (C=O) groups is 1. The van der Waals surface area contributed by atoms with Gasteiger partial charge >= 0.3 is 0 Å². The van der Waals surface area contributed by atoms with Crippen LogP contribution in [0, 0.1) is 5.92 Å². The van der Waals surface area contributed by atoms with Crippen molar-refractivity contribution in [3.63, 3.8) is 0 Å². The number of hydrogen-bond donors (Lipinski definition) is 0. The summed E-state index contributed by atoms with van der Waals surface area (Å²) in [5.41, 5.74) is 4.20. The predicted molar refractivity (Wildman–Crippen MR) is 141 cm³/mol. The second-order valence-electron chi connectivity index (χ2n) is 10.2. The standard InChI is InChI=1S/C31H36N2O2/c1-32(2)30(34)31(26-10-5-3-6-11-26,27-12-7-4-8-13-27)28-14-9-19-33(23-28)20-17-24-15-16-29-25(22-24)18-21-35-29/h3-8,10-13,15-16,22,28H,9,14,17-21,23H2,1-2H3. The van der Waals surface area contributed by atoms with E-state index < -0.39 is 5.41 Å². The van der Waals surface area contributed by atoms with Gasteiger partial charge in [-0.25, -0.2) is 0 Å². The van der Waals surface area contributed by atoms with Crippen LogP contribution in [-0.2, 0) is 23.1 Å². The fourth-order valence-corrected chi connectivity index (χ4v) is 6.11. The maximum absolute atomic E-state index is 14.2. The summed E-state index contributed by atoms with van der Waals surface area (Å²) in [6.07, 6.45) is 4.17. The molecule has 4 heteroatoms. The Hall–Kier alpha value is -3.11. The van der Waals surface area contributed by atoms with Crippen LogP contribution in [0.1, 0.15) is 35.1 Å². The second kappa shape index (κ2) is 10.2. The average molecular weight is 469 g/mol. The van der Waals surface area contributed by atoms with Crippen LogP contribution < -0.4 is 4.74 Å². The fourth-order valence-electron chi connectivity index (χ4n) is 6.11. The molecule has 0 aromatic heterocycles. The van der Waals surface area contributed by atoms with Crippen molar-refractivity contribution in [1.29, 1.82) is 0 Å². The molecule has 4 nitrogen and oxygen atoms in total. The Kier molecular flexibility index (Phi) is 6.92. The van der Waals surface area contributed by atoms with Crippen molar-refractivity contribution in [3.8, 4) is 5.75 Å². The van der Waals surface area contributed by atoms with Gasteiger partial charge in [0.25, 0.3) is 0 Å². The number of carbonyl (C=O) groups excluding carboxylic acids is 1. The maximum Gasteiger partial charge on any atom is 0.237 e. The van der Waals surface area contributed by atoms with Crippen LogP contribution in [0.4, 0.5) is 0 Å². The highest BCUT2D eigenvalue weighted by atomic mass is 16.5. The summed E-state index contributed by atoms with van der Waals surface area (Å²) >= 11 is 0. The highest BCUT2D eigenvalue weighted by molar-refractivity contribution is 5.92. The van der Waals surface area contributed by atoms with Crippen molar-refractivity contribution < 1.29 is 9.53 Å². The van der Waals surface area contributed by atoms with E-state index in [0.717, 1.165) is 68.8 Å². The minimum absolute atomic E-state index is 0.167. The van der Waals surface area contributed by atoms with Gasteiger partial charge in [-0.05, 0) is 60.0 Å². The smallest absolute Gasteiger partial charge is 0.237 e. The van der Waals surface area contributed by atoms with Crippen LogP contribution in [0.15, 0.2) is 78.9 Å². The molecule has 1 fully saturated rings. The fraction of sp³-hybridized carbons (Fsp3) is 0.387.